The molecule has 132 valence electrons. The van der Waals surface area contributed by atoms with E-state index < -0.39 is 35.2 Å². The molecule has 0 spiro atoms. The molecule has 0 radical (unpaired) electrons. The number of aldehydes is 1. The maximum Gasteiger partial charge on any atom is 0.265 e. The van der Waals surface area contributed by atoms with Gasteiger partial charge in [0.2, 0.25) is 0 Å². The first-order valence-corrected chi connectivity index (χ1v) is 7.11. The molecule has 0 aliphatic carbocycles. The summed E-state index contributed by atoms with van der Waals surface area (Å²) in [7, 11) is 1.43. The van der Waals surface area contributed by atoms with Crippen molar-refractivity contribution in [3.63, 3.8) is 0 Å². The number of nitrogens with one attached hydrogen (secondary N) is 1. The van der Waals surface area contributed by atoms with Crippen molar-refractivity contribution in [3.05, 3.63) is 53.3 Å². The summed E-state index contributed by atoms with van der Waals surface area (Å²) in [6.45, 7) is 1.35. The van der Waals surface area contributed by atoms with Crippen LogP contribution >= 0.6 is 0 Å². The zero-order valence-corrected chi connectivity index (χ0v) is 13.3. The van der Waals surface area contributed by atoms with Crippen molar-refractivity contribution in [2.75, 3.05) is 12.4 Å². The molecule has 2 aromatic rings. The van der Waals surface area contributed by atoms with Crippen molar-refractivity contribution < 1.29 is 32.2 Å². The van der Waals surface area contributed by atoms with Gasteiger partial charge in [0.1, 0.15) is 11.5 Å². The fraction of sp³-hybridized carbons (Fsp3) is 0.176. The predicted molar refractivity (Wildman–Crippen MR) is 83.4 cm³/mol. The smallest absolute Gasteiger partial charge is 0.265 e. The molecule has 1 atom stereocenters. The highest BCUT2D eigenvalue weighted by Crippen LogP contribution is 2.24. The Balaban J connectivity index is 2.13. The lowest BCUT2D eigenvalue weighted by atomic mass is 10.2. The molecule has 0 aliphatic heterocycles. The first-order valence-electron chi connectivity index (χ1n) is 7.11. The Morgan fingerprint density at radius 2 is 1.88 bits per heavy atom. The Morgan fingerprint density at radius 3 is 2.52 bits per heavy atom. The zero-order valence-electron chi connectivity index (χ0n) is 13.3. The minimum atomic E-state index is -1.69. The van der Waals surface area contributed by atoms with Crippen LogP contribution in [-0.4, -0.2) is 25.4 Å². The van der Waals surface area contributed by atoms with Gasteiger partial charge in [-0.05, 0) is 37.3 Å². The lowest BCUT2D eigenvalue weighted by molar-refractivity contribution is -0.122. The number of ether oxygens (including phenoxy) is 2. The Labute approximate surface area is 141 Å². The van der Waals surface area contributed by atoms with Crippen LogP contribution in [0.25, 0.3) is 0 Å². The predicted octanol–water partition coefficient (Wildman–Crippen LogP) is 3.33. The molecule has 8 heteroatoms. The molecule has 0 heterocycles. The number of amides is 1. The van der Waals surface area contributed by atoms with Gasteiger partial charge in [0.15, 0.2) is 29.8 Å². The molecule has 0 aromatic heterocycles. The number of halogens is 3. The van der Waals surface area contributed by atoms with Crippen molar-refractivity contribution in [2.24, 2.45) is 0 Å². The van der Waals surface area contributed by atoms with Gasteiger partial charge in [-0.25, -0.2) is 13.2 Å². The van der Waals surface area contributed by atoms with Crippen LogP contribution in [0, 0.1) is 17.5 Å². The summed E-state index contributed by atoms with van der Waals surface area (Å²) in [6, 6.07) is 5.96. The topological polar surface area (TPSA) is 64.6 Å². The summed E-state index contributed by atoms with van der Waals surface area (Å²) in [5.41, 5.74) is -0.373. The molecule has 0 bridgehead atoms. The van der Waals surface area contributed by atoms with Crippen LogP contribution in [0.2, 0.25) is 0 Å². The van der Waals surface area contributed by atoms with Gasteiger partial charge in [0.05, 0.1) is 18.4 Å². The lowest BCUT2D eigenvalue weighted by Gasteiger charge is -2.16. The van der Waals surface area contributed by atoms with E-state index in [4.69, 9.17) is 9.47 Å². The third kappa shape index (κ3) is 4.09. The number of benzene rings is 2. The van der Waals surface area contributed by atoms with Crippen LogP contribution in [0.1, 0.15) is 17.3 Å². The average Bonchev–Trinajstić information content (AvgIpc) is 2.62. The number of hydrogen-bond acceptors (Lipinski definition) is 4. The van der Waals surface area contributed by atoms with Gasteiger partial charge in [0, 0.05) is 0 Å². The highest BCUT2D eigenvalue weighted by molar-refractivity contribution is 5.94. The fourth-order valence-electron chi connectivity index (χ4n) is 1.95. The largest absolute Gasteiger partial charge is 0.497 e. The molecule has 2 aromatic carbocycles. The Morgan fingerprint density at radius 1 is 1.16 bits per heavy atom. The van der Waals surface area contributed by atoms with Gasteiger partial charge in [0.25, 0.3) is 5.91 Å². The van der Waals surface area contributed by atoms with E-state index >= 15 is 0 Å². The van der Waals surface area contributed by atoms with E-state index in [9.17, 15) is 22.8 Å². The van der Waals surface area contributed by atoms with Gasteiger partial charge in [-0.2, -0.15) is 0 Å². The van der Waals surface area contributed by atoms with E-state index in [1.807, 2.05) is 0 Å². The van der Waals surface area contributed by atoms with Gasteiger partial charge in [-0.15, -0.1) is 0 Å². The van der Waals surface area contributed by atoms with Crippen molar-refractivity contribution in [1.82, 2.24) is 0 Å². The molecule has 1 amide bonds. The standard InChI is InChI=1S/C17H14F3NO4/c1-9(25-14-6-3-11(24-2)7-10(14)8-22)17(23)21-13-5-4-12(18)15(19)16(13)20/h3-9H,1-2H3,(H,21,23)/t9-/m0/s1. The summed E-state index contributed by atoms with van der Waals surface area (Å²) >= 11 is 0. The van der Waals surface area contributed by atoms with Gasteiger partial charge in [-0.3, -0.25) is 9.59 Å². The van der Waals surface area contributed by atoms with Gasteiger partial charge in [-0.1, -0.05) is 0 Å². The van der Waals surface area contributed by atoms with Crippen molar-refractivity contribution in [3.8, 4) is 11.5 Å². The molecular formula is C17H14F3NO4. The number of carbonyl (C=O) groups is 2. The summed E-state index contributed by atoms with van der Waals surface area (Å²) in [6.07, 6.45) is -0.614. The maximum atomic E-state index is 13.6. The SMILES string of the molecule is COc1ccc(O[C@@H](C)C(=O)Nc2ccc(F)c(F)c2F)c(C=O)c1. The van der Waals surface area contributed by atoms with Crippen LogP contribution in [0.3, 0.4) is 0 Å². The van der Waals surface area contributed by atoms with E-state index in [1.54, 1.807) is 0 Å². The monoisotopic (exact) mass is 353 g/mol. The van der Waals surface area contributed by atoms with Crippen molar-refractivity contribution in [1.29, 1.82) is 0 Å². The average molecular weight is 353 g/mol. The van der Waals surface area contributed by atoms with Crippen molar-refractivity contribution in [2.45, 2.75) is 13.0 Å². The molecule has 0 aliphatic rings. The fourth-order valence-corrected chi connectivity index (χ4v) is 1.95. The first-order chi connectivity index (χ1) is 11.9. The van der Waals surface area contributed by atoms with E-state index in [1.165, 1.54) is 32.2 Å². The molecule has 0 saturated carbocycles. The molecule has 25 heavy (non-hydrogen) atoms. The second-order valence-electron chi connectivity index (χ2n) is 4.99. The number of carbonyl (C=O) groups excluding carboxylic acids is 2. The Bertz CT molecular complexity index is 811. The van der Waals surface area contributed by atoms with E-state index in [0.717, 1.165) is 6.07 Å². The summed E-state index contributed by atoms with van der Waals surface area (Å²) in [5, 5.41) is 2.10. The summed E-state index contributed by atoms with van der Waals surface area (Å²) in [4.78, 5) is 23.1. The van der Waals surface area contributed by atoms with E-state index in [0.29, 0.717) is 18.1 Å². The zero-order chi connectivity index (χ0) is 18.6. The highest BCUT2D eigenvalue weighted by atomic mass is 19.2. The second-order valence-corrected chi connectivity index (χ2v) is 4.99. The molecule has 0 saturated heterocycles. The van der Waals surface area contributed by atoms with Crippen LogP contribution < -0.4 is 14.8 Å². The molecule has 5 nitrogen and oxygen atoms in total. The first kappa shape index (κ1) is 18.3. The van der Waals surface area contributed by atoms with Crippen LogP contribution in [0.5, 0.6) is 11.5 Å². The minimum absolute atomic E-state index is 0.115. The number of rotatable bonds is 6. The minimum Gasteiger partial charge on any atom is -0.497 e. The normalized spacial score (nSPS) is 11.6. The van der Waals surface area contributed by atoms with Crippen LogP contribution in [-0.2, 0) is 4.79 Å². The second kappa shape index (κ2) is 7.69. The van der Waals surface area contributed by atoms with Crippen LogP contribution in [0.15, 0.2) is 30.3 Å². The van der Waals surface area contributed by atoms with Gasteiger partial charge >= 0.3 is 0 Å². The molecule has 0 unspecified atom stereocenters. The molecule has 0 fully saturated rings. The number of anilines is 1. The number of methoxy groups -OCH3 is 1. The van der Waals surface area contributed by atoms with Crippen molar-refractivity contribution >= 4 is 17.9 Å². The molecule has 1 N–H and O–H groups in total. The molecule has 2 rings (SSSR count). The third-order valence-electron chi connectivity index (χ3n) is 3.31. The summed E-state index contributed by atoms with van der Waals surface area (Å²) < 4.78 is 50.0. The van der Waals surface area contributed by atoms with E-state index in [2.05, 4.69) is 5.32 Å². The Kier molecular flexibility index (Phi) is 5.63. The van der Waals surface area contributed by atoms with Crippen LogP contribution in [0.4, 0.5) is 18.9 Å². The summed E-state index contributed by atoms with van der Waals surface area (Å²) in [5.74, 6) is -4.84. The highest BCUT2D eigenvalue weighted by Gasteiger charge is 2.20. The van der Waals surface area contributed by atoms with E-state index in [-0.39, 0.29) is 11.3 Å². The number of hydrogen-bond donors (Lipinski definition) is 1. The Hall–Kier alpha value is -3.03. The van der Waals surface area contributed by atoms with Gasteiger partial charge < -0.3 is 14.8 Å². The molecular weight excluding hydrogens is 339 g/mol. The third-order valence-corrected chi connectivity index (χ3v) is 3.31. The maximum absolute atomic E-state index is 13.6. The quantitative estimate of drug-likeness (QED) is 0.639. The lowest BCUT2D eigenvalue weighted by Crippen LogP contribution is -2.31.